The van der Waals surface area contributed by atoms with E-state index in [2.05, 4.69) is 5.32 Å². The summed E-state index contributed by atoms with van der Waals surface area (Å²) in [5.74, 6) is -1.58. The van der Waals surface area contributed by atoms with Crippen molar-refractivity contribution in [1.82, 2.24) is 5.32 Å². The molecule has 0 heterocycles. The molecule has 0 saturated heterocycles. The van der Waals surface area contributed by atoms with Crippen molar-refractivity contribution in [3.8, 4) is 0 Å². The summed E-state index contributed by atoms with van der Waals surface area (Å²) in [7, 11) is -3.37. The van der Waals surface area contributed by atoms with Crippen LogP contribution in [0.5, 0.6) is 0 Å². The molecule has 0 fully saturated rings. The highest BCUT2D eigenvalue weighted by molar-refractivity contribution is 7.90. The second-order valence-corrected chi connectivity index (χ2v) is 5.77. The molecule has 0 aliphatic heterocycles. The molecule has 0 aliphatic rings. The molecule has 0 aliphatic carbocycles. The number of amides is 1. The van der Waals surface area contributed by atoms with Gasteiger partial charge in [-0.15, -0.1) is 0 Å². The molecule has 2 N–H and O–H groups in total. The van der Waals surface area contributed by atoms with Crippen LogP contribution in [-0.2, 0) is 14.6 Å². The van der Waals surface area contributed by atoms with Gasteiger partial charge in [0.1, 0.15) is 0 Å². The first-order chi connectivity index (χ1) is 8.80. The molecule has 0 radical (unpaired) electrons. The third kappa shape index (κ3) is 4.92. The normalized spacial score (nSPS) is 11.4. The van der Waals surface area contributed by atoms with Gasteiger partial charge < -0.3 is 10.4 Å². The maximum Gasteiger partial charge on any atom is 0.328 e. The third-order valence-electron chi connectivity index (χ3n) is 2.17. The predicted octanol–water partition coefficient (Wildman–Crippen LogP) is 0.461. The van der Waals surface area contributed by atoms with Crippen LogP contribution in [0.25, 0.3) is 0 Å². The average Bonchev–Trinajstić information content (AvgIpc) is 2.33. The second kappa shape index (κ2) is 6.14. The van der Waals surface area contributed by atoms with Crippen molar-refractivity contribution in [1.29, 1.82) is 0 Å². The van der Waals surface area contributed by atoms with Gasteiger partial charge in [-0.05, 0) is 18.2 Å². The van der Waals surface area contributed by atoms with E-state index >= 15 is 0 Å². The summed E-state index contributed by atoms with van der Waals surface area (Å²) >= 11 is 0. The Morgan fingerprint density at radius 2 is 2.05 bits per heavy atom. The van der Waals surface area contributed by atoms with Gasteiger partial charge in [0.25, 0.3) is 5.91 Å². The molecule has 0 bridgehead atoms. The molecule has 0 atom stereocenters. The average molecular weight is 283 g/mol. The van der Waals surface area contributed by atoms with Crippen LogP contribution in [0, 0.1) is 0 Å². The number of carbonyl (C=O) groups excluding carboxylic acids is 1. The highest BCUT2D eigenvalue weighted by Crippen LogP contribution is 2.11. The first-order valence-corrected chi connectivity index (χ1v) is 7.17. The van der Waals surface area contributed by atoms with Crippen LogP contribution in [-0.4, -0.2) is 38.2 Å². The fourth-order valence-electron chi connectivity index (χ4n) is 1.28. The van der Waals surface area contributed by atoms with Crippen LogP contribution >= 0.6 is 0 Å². The van der Waals surface area contributed by atoms with E-state index in [9.17, 15) is 18.0 Å². The molecule has 1 amide bonds. The lowest BCUT2D eigenvalue weighted by Gasteiger charge is -2.04. The summed E-state index contributed by atoms with van der Waals surface area (Å²) in [6.45, 7) is 0.0498. The van der Waals surface area contributed by atoms with Crippen LogP contribution < -0.4 is 5.32 Å². The summed E-state index contributed by atoms with van der Waals surface area (Å²) in [6.07, 6.45) is 3.24. The number of benzene rings is 1. The van der Waals surface area contributed by atoms with Gasteiger partial charge in [0.05, 0.1) is 4.90 Å². The predicted molar refractivity (Wildman–Crippen MR) is 68.7 cm³/mol. The molecular formula is C12H13NO5S. The van der Waals surface area contributed by atoms with Gasteiger partial charge in [-0.2, -0.15) is 0 Å². The number of carbonyl (C=O) groups is 2. The molecule has 0 aromatic heterocycles. The lowest BCUT2D eigenvalue weighted by molar-refractivity contribution is -0.131. The Balaban J connectivity index is 2.76. The Morgan fingerprint density at radius 3 is 2.63 bits per heavy atom. The first-order valence-electron chi connectivity index (χ1n) is 5.28. The Hall–Kier alpha value is -2.15. The van der Waals surface area contributed by atoms with Crippen molar-refractivity contribution < 1.29 is 23.1 Å². The van der Waals surface area contributed by atoms with E-state index in [4.69, 9.17) is 5.11 Å². The zero-order valence-electron chi connectivity index (χ0n) is 10.2. The smallest absolute Gasteiger partial charge is 0.328 e. The van der Waals surface area contributed by atoms with Crippen molar-refractivity contribution >= 4 is 21.7 Å². The van der Waals surface area contributed by atoms with Crippen molar-refractivity contribution in [3.05, 3.63) is 42.0 Å². The van der Waals surface area contributed by atoms with E-state index in [1.54, 1.807) is 0 Å². The number of carboxylic acids is 1. The zero-order valence-corrected chi connectivity index (χ0v) is 11.0. The number of hydrogen-bond donors (Lipinski definition) is 2. The molecule has 7 heteroatoms. The van der Waals surface area contributed by atoms with E-state index in [0.29, 0.717) is 0 Å². The van der Waals surface area contributed by atoms with Crippen LogP contribution in [0.3, 0.4) is 0 Å². The Morgan fingerprint density at radius 1 is 1.37 bits per heavy atom. The summed E-state index contributed by atoms with van der Waals surface area (Å²) in [5.41, 5.74) is 0.201. The van der Waals surface area contributed by atoms with Crippen LogP contribution in [0.4, 0.5) is 0 Å². The monoisotopic (exact) mass is 283 g/mol. The lowest BCUT2D eigenvalue weighted by Crippen LogP contribution is -2.23. The van der Waals surface area contributed by atoms with Gasteiger partial charge in [0.2, 0.25) is 0 Å². The summed E-state index contributed by atoms with van der Waals surface area (Å²) in [5, 5.41) is 10.8. The van der Waals surface area contributed by atoms with Crippen LogP contribution in [0.2, 0.25) is 0 Å². The summed E-state index contributed by atoms with van der Waals surface area (Å²) in [6, 6.07) is 5.62. The number of rotatable bonds is 5. The summed E-state index contributed by atoms with van der Waals surface area (Å²) in [4.78, 5) is 21.9. The van der Waals surface area contributed by atoms with Gasteiger partial charge >= 0.3 is 5.97 Å². The van der Waals surface area contributed by atoms with E-state index < -0.39 is 21.7 Å². The zero-order chi connectivity index (χ0) is 14.5. The van der Waals surface area contributed by atoms with Crippen molar-refractivity contribution in [3.63, 3.8) is 0 Å². The maximum absolute atomic E-state index is 11.7. The molecule has 1 aromatic carbocycles. The minimum Gasteiger partial charge on any atom is -0.478 e. The molecule has 0 saturated carbocycles. The van der Waals surface area contributed by atoms with Crippen LogP contribution in [0.15, 0.2) is 41.3 Å². The quantitative estimate of drug-likeness (QED) is 0.765. The second-order valence-electron chi connectivity index (χ2n) is 3.75. The third-order valence-corrected chi connectivity index (χ3v) is 3.28. The van der Waals surface area contributed by atoms with E-state index in [1.807, 2.05) is 0 Å². The number of carboxylic acid groups (broad SMARTS) is 1. The van der Waals surface area contributed by atoms with Crippen LogP contribution in [0.1, 0.15) is 10.4 Å². The fourth-order valence-corrected chi connectivity index (χ4v) is 1.95. The Bertz CT molecular complexity index is 619. The van der Waals surface area contributed by atoms with Gasteiger partial charge in [-0.1, -0.05) is 12.1 Å². The standard InChI is InChI=1S/C12H13NO5S/c1-19(17,18)10-5-2-4-9(8-10)12(16)13-7-3-6-11(14)15/h2-6,8H,7H2,1H3,(H,13,16)(H,14,15)/b6-3+. The van der Waals surface area contributed by atoms with E-state index in [-0.39, 0.29) is 17.0 Å². The molecular weight excluding hydrogens is 270 g/mol. The fraction of sp³-hybridized carbons (Fsp3) is 0.167. The van der Waals surface area contributed by atoms with E-state index in [0.717, 1.165) is 12.3 Å². The molecule has 1 aromatic rings. The molecule has 19 heavy (non-hydrogen) atoms. The molecule has 0 unspecified atom stereocenters. The largest absolute Gasteiger partial charge is 0.478 e. The van der Waals surface area contributed by atoms with Gasteiger partial charge in [0, 0.05) is 24.4 Å². The summed E-state index contributed by atoms with van der Waals surface area (Å²) < 4.78 is 22.7. The Labute approximate surface area is 110 Å². The maximum atomic E-state index is 11.7. The molecule has 1 rings (SSSR count). The van der Waals surface area contributed by atoms with E-state index in [1.165, 1.54) is 30.3 Å². The highest BCUT2D eigenvalue weighted by atomic mass is 32.2. The van der Waals surface area contributed by atoms with Gasteiger partial charge in [-0.3, -0.25) is 4.79 Å². The van der Waals surface area contributed by atoms with Crippen molar-refractivity contribution in [2.24, 2.45) is 0 Å². The molecule has 102 valence electrons. The number of sulfone groups is 1. The number of nitrogens with one attached hydrogen (secondary N) is 1. The first kappa shape index (κ1) is 14.9. The Kier molecular flexibility index (Phi) is 4.82. The van der Waals surface area contributed by atoms with Gasteiger partial charge in [-0.25, -0.2) is 13.2 Å². The minimum atomic E-state index is -3.37. The highest BCUT2D eigenvalue weighted by Gasteiger charge is 2.10. The van der Waals surface area contributed by atoms with Crippen molar-refractivity contribution in [2.45, 2.75) is 4.90 Å². The number of hydrogen-bond acceptors (Lipinski definition) is 4. The SMILES string of the molecule is CS(=O)(=O)c1cccc(C(=O)NC/C=C/C(=O)O)c1. The van der Waals surface area contributed by atoms with Crippen molar-refractivity contribution in [2.75, 3.05) is 12.8 Å². The topological polar surface area (TPSA) is 101 Å². The minimum absolute atomic E-state index is 0.0498. The van der Waals surface area contributed by atoms with Gasteiger partial charge in [0.15, 0.2) is 9.84 Å². The number of aliphatic carboxylic acids is 1. The molecule has 6 nitrogen and oxygen atoms in total. The molecule has 0 spiro atoms. The lowest BCUT2D eigenvalue weighted by atomic mass is 10.2.